The second kappa shape index (κ2) is 7.91. The van der Waals surface area contributed by atoms with Gasteiger partial charge in [0.25, 0.3) is 0 Å². The molecule has 0 spiro atoms. The lowest BCUT2D eigenvalue weighted by Crippen LogP contribution is -2.29. The lowest BCUT2D eigenvalue weighted by molar-refractivity contribution is -0.119. The summed E-state index contributed by atoms with van der Waals surface area (Å²) in [6.45, 7) is 4.66. The third kappa shape index (κ3) is 3.92. The number of carbonyl (C=O) groups is 2. The van der Waals surface area contributed by atoms with Crippen molar-refractivity contribution >= 4 is 17.6 Å². The van der Waals surface area contributed by atoms with Gasteiger partial charge in [0.1, 0.15) is 12.4 Å². The van der Waals surface area contributed by atoms with Gasteiger partial charge in [-0.05, 0) is 44.0 Å². The molecule has 1 aliphatic rings. The lowest BCUT2D eigenvalue weighted by atomic mass is 10.1. The fourth-order valence-electron chi connectivity index (χ4n) is 3.50. The van der Waals surface area contributed by atoms with Gasteiger partial charge in [-0.1, -0.05) is 30.3 Å². The number of benzene rings is 2. The zero-order valence-corrected chi connectivity index (χ0v) is 16.6. The first kappa shape index (κ1) is 18.9. The summed E-state index contributed by atoms with van der Waals surface area (Å²) >= 11 is 0. The summed E-state index contributed by atoms with van der Waals surface area (Å²) in [7, 11) is 0. The molecule has 1 N–H and O–H groups in total. The normalized spacial score (nSPS) is 12.7. The monoisotopic (exact) mass is 389 g/mol. The highest BCUT2D eigenvalue weighted by molar-refractivity contribution is 5.96. The van der Waals surface area contributed by atoms with Crippen molar-refractivity contribution in [2.75, 3.05) is 18.1 Å². The molecule has 6 nitrogen and oxygen atoms in total. The Morgan fingerprint density at radius 2 is 1.86 bits per heavy atom. The average Bonchev–Trinajstić information content (AvgIpc) is 3.31. The van der Waals surface area contributed by atoms with Crippen molar-refractivity contribution in [3.63, 3.8) is 0 Å². The summed E-state index contributed by atoms with van der Waals surface area (Å²) in [5, 5.41) is 0. The molecule has 6 heteroatoms. The van der Waals surface area contributed by atoms with E-state index in [-0.39, 0.29) is 18.9 Å². The number of carbonyl (C=O) groups excluding carboxylic acids is 2. The largest absolute Gasteiger partial charge is 0.462 e. The lowest BCUT2D eigenvalue weighted by Gasteiger charge is -2.17. The number of fused-ring (bicyclic) bond motifs is 1. The number of aryl methyl sites for hydroxylation is 2. The molecule has 1 aliphatic heterocycles. The van der Waals surface area contributed by atoms with E-state index in [2.05, 4.69) is 9.97 Å². The smallest absolute Gasteiger partial charge is 0.338 e. The number of hydrogen-bond donors (Lipinski definition) is 1. The molecular weight excluding hydrogens is 366 g/mol. The average molecular weight is 389 g/mol. The van der Waals surface area contributed by atoms with Crippen LogP contribution in [0.15, 0.2) is 48.5 Å². The summed E-state index contributed by atoms with van der Waals surface area (Å²) in [6.07, 6.45) is 1.03. The van der Waals surface area contributed by atoms with Gasteiger partial charge in [0.15, 0.2) is 0 Å². The van der Waals surface area contributed by atoms with Gasteiger partial charge in [-0.3, -0.25) is 4.79 Å². The predicted molar refractivity (Wildman–Crippen MR) is 111 cm³/mol. The standard InChI is InChI=1S/C23H23N3O3/c1-15-16(2)25-22(24-15)18-7-9-19(10-8-18)23(28)29-14-12-21(27)26-13-11-17-5-3-4-6-20(17)26/h3-10H,11-14H2,1-2H3,(H,24,25). The molecule has 0 saturated heterocycles. The topological polar surface area (TPSA) is 75.3 Å². The van der Waals surface area contributed by atoms with Crippen LogP contribution < -0.4 is 4.90 Å². The number of aromatic nitrogens is 2. The van der Waals surface area contributed by atoms with Crippen molar-refractivity contribution in [3.05, 3.63) is 71.0 Å². The third-order valence-corrected chi connectivity index (χ3v) is 5.26. The number of H-pyrrole nitrogens is 1. The zero-order chi connectivity index (χ0) is 20.4. The number of amides is 1. The Morgan fingerprint density at radius 1 is 1.10 bits per heavy atom. The first-order chi connectivity index (χ1) is 14.0. The van der Waals surface area contributed by atoms with Gasteiger partial charge in [0.2, 0.25) is 5.91 Å². The molecular formula is C23H23N3O3. The summed E-state index contributed by atoms with van der Waals surface area (Å²) < 4.78 is 5.31. The van der Waals surface area contributed by atoms with Crippen LogP contribution >= 0.6 is 0 Å². The molecule has 4 rings (SSSR count). The van der Waals surface area contributed by atoms with E-state index in [1.165, 1.54) is 5.56 Å². The van der Waals surface area contributed by atoms with E-state index in [1.54, 1.807) is 17.0 Å². The number of rotatable bonds is 5. The van der Waals surface area contributed by atoms with Crippen LogP contribution in [0.25, 0.3) is 11.4 Å². The maximum Gasteiger partial charge on any atom is 0.338 e. The van der Waals surface area contributed by atoms with Crippen molar-refractivity contribution in [2.24, 2.45) is 0 Å². The first-order valence-electron chi connectivity index (χ1n) is 9.72. The molecule has 0 radical (unpaired) electrons. The molecule has 2 heterocycles. The van der Waals surface area contributed by atoms with E-state index in [4.69, 9.17) is 4.74 Å². The van der Waals surface area contributed by atoms with Gasteiger partial charge in [-0.2, -0.15) is 0 Å². The maximum absolute atomic E-state index is 12.5. The van der Waals surface area contributed by atoms with E-state index in [0.717, 1.165) is 34.9 Å². The number of ether oxygens (including phenoxy) is 1. The number of aromatic amines is 1. The number of para-hydroxylation sites is 1. The molecule has 3 aromatic rings. The molecule has 1 aromatic heterocycles. The zero-order valence-electron chi connectivity index (χ0n) is 16.6. The Morgan fingerprint density at radius 3 is 2.59 bits per heavy atom. The van der Waals surface area contributed by atoms with E-state index in [1.807, 2.05) is 50.2 Å². The fraction of sp³-hybridized carbons (Fsp3) is 0.261. The minimum absolute atomic E-state index is 0.0262. The van der Waals surface area contributed by atoms with E-state index < -0.39 is 5.97 Å². The van der Waals surface area contributed by atoms with Crippen molar-refractivity contribution in [2.45, 2.75) is 26.7 Å². The third-order valence-electron chi connectivity index (χ3n) is 5.26. The Balaban J connectivity index is 1.31. The van der Waals surface area contributed by atoms with Crippen LogP contribution in [-0.4, -0.2) is 35.0 Å². The molecule has 1 amide bonds. The summed E-state index contributed by atoms with van der Waals surface area (Å²) in [5.41, 5.74) is 5.47. The van der Waals surface area contributed by atoms with Crippen molar-refractivity contribution in [1.29, 1.82) is 0 Å². The highest BCUT2D eigenvalue weighted by atomic mass is 16.5. The highest BCUT2D eigenvalue weighted by Crippen LogP contribution is 2.27. The number of imidazole rings is 1. The Hall–Kier alpha value is -3.41. The first-order valence-corrected chi connectivity index (χ1v) is 9.72. The van der Waals surface area contributed by atoms with Crippen LogP contribution in [0.1, 0.15) is 33.7 Å². The Labute approximate surface area is 169 Å². The second-order valence-corrected chi connectivity index (χ2v) is 7.18. The van der Waals surface area contributed by atoms with E-state index in [9.17, 15) is 9.59 Å². The number of nitrogens with zero attached hydrogens (tertiary/aromatic N) is 2. The number of hydrogen-bond acceptors (Lipinski definition) is 4. The molecule has 0 bridgehead atoms. The molecule has 0 aliphatic carbocycles. The van der Waals surface area contributed by atoms with Gasteiger partial charge in [0, 0.05) is 23.5 Å². The quantitative estimate of drug-likeness (QED) is 0.673. The van der Waals surface area contributed by atoms with Gasteiger partial charge >= 0.3 is 5.97 Å². The second-order valence-electron chi connectivity index (χ2n) is 7.18. The van der Waals surface area contributed by atoms with Crippen molar-refractivity contribution in [1.82, 2.24) is 9.97 Å². The summed E-state index contributed by atoms with van der Waals surface area (Å²) in [6, 6.07) is 15.0. The Bertz CT molecular complexity index is 1030. The van der Waals surface area contributed by atoms with Crippen LogP contribution in [0, 0.1) is 13.8 Å². The van der Waals surface area contributed by atoms with Gasteiger partial charge in [-0.25, -0.2) is 9.78 Å². The van der Waals surface area contributed by atoms with Crippen LogP contribution in [0.2, 0.25) is 0 Å². The Kier molecular flexibility index (Phi) is 5.16. The van der Waals surface area contributed by atoms with Crippen LogP contribution in [0.3, 0.4) is 0 Å². The van der Waals surface area contributed by atoms with Crippen molar-refractivity contribution in [3.8, 4) is 11.4 Å². The summed E-state index contributed by atoms with van der Waals surface area (Å²) in [5.74, 6) is 0.316. The minimum atomic E-state index is -0.432. The molecule has 0 unspecified atom stereocenters. The van der Waals surface area contributed by atoms with Crippen LogP contribution in [0.5, 0.6) is 0 Å². The van der Waals surface area contributed by atoms with E-state index >= 15 is 0 Å². The highest BCUT2D eigenvalue weighted by Gasteiger charge is 2.24. The molecule has 2 aromatic carbocycles. The fourth-order valence-corrected chi connectivity index (χ4v) is 3.50. The van der Waals surface area contributed by atoms with E-state index in [0.29, 0.717) is 12.1 Å². The van der Waals surface area contributed by atoms with Crippen molar-refractivity contribution < 1.29 is 14.3 Å². The van der Waals surface area contributed by atoms with Crippen LogP contribution in [0.4, 0.5) is 5.69 Å². The molecule has 29 heavy (non-hydrogen) atoms. The van der Waals surface area contributed by atoms with Gasteiger partial charge in [0.05, 0.1) is 17.7 Å². The molecule has 0 fully saturated rings. The molecule has 0 saturated carbocycles. The molecule has 0 atom stereocenters. The number of anilines is 1. The minimum Gasteiger partial charge on any atom is -0.462 e. The van der Waals surface area contributed by atoms with Gasteiger partial charge < -0.3 is 14.6 Å². The number of esters is 1. The SMILES string of the molecule is Cc1nc(-c2ccc(C(=O)OCCC(=O)N3CCc4ccccc43)cc2)[nH]c1C. The maximum atomic E-state index is 12.5. The summed E-state index contributed by atoms with van der Waals surface area (Å²) in [4.78, 5) is 34.2. The predicted octanol–water partition coefficient (Wildman–Crippen LogP) is 3.83. The van der Waals surface area contributed by atoms with Gasteiger partial charge in [-0.15, -0.1) is 0 Å². The molecule has 148 valence electrons. The van der Waals surface area contributed by atoms with Crippen LogP contribution in [-0.2, 0) is 16.0 Å². The number of nitrogens with one attached hydrogen (secondary N) is 1.